The van der Waals surface area contributed by atoms with Gasteiger partial charge in [-0.1, -0.05) is 38.1 Å². The molecule has 1 aliphatic rings. The van der Waals surface area contributed by atoms with Crippen molar-refractivity contribution in [2.75, 3.05) is 4.90 Å². The lowest BCUT2D eigenvalue weighted by Crippen LogP contribution is -2.44. The van der Waals surface area contributed by atoms with Crippen molar-refractivity contribution in [2.45, 2.75) is 39.3 Å². The highest BCUT2D eigenvalue weighted by Crippen LogP contribution is 2.38. The van der Waals surface area contributed by atoms with Crippen molar-refractivity contribution in [3.8, 4) is 17.0 Å². The summed E-state index contributed by atoms with van der Waals surface area (Å²) in [6, 6.07) is 14.5. The highest BCUT2D eigenvalue weighted by atomic mass is 32.1. The summed E-state index contributed by atoms with van der Waals surface area (Å²) in [4.78, 5) is 20.5. The van der Waals surface area contributed by atoms with Crippen molar-refractivity contribution in [3.05, 3.63) is 71.4 Å². The van der Waals surface area contributed by atoms with Crippen molar-refractivity contribution in [1.82, 2.24) is 9.38 Å². The molecule has 0 saturated heterocycles. The van der Waals surface area contributed by atoms with Gasteiger partial charge in [0.1, 0.15) is 5.75 Å². The van der Waals surface area contributed by atoms with E-state index in [0.29, 0.717) is 12.5 Å². The van der Waals surface area contributed by atoms with Crippen molar-refractivity contribution < 1.29 is 9.53 Å². The zero-order valence-electron chi connectivity index (χ0n) is 17.2. The molecule has 3 heterocycles. The van der Waals surface area contributed by atoms with Crippen LogP contribution in [-0.4, -0.2) is 21.4 Å². The van der Waals surface area contributed by atoms with E-state index in [9.17, 15) is 4.79 Å². The Bertz CT molecular complexity index is 1190. The molecule has 0 radical (unpaired) electrons. The van der Waals surface area contributed by atoms with Gasteiger partial charge in [0.05, 0.1) is 17.9 Å². The second-order valence-corrected chi connectivity index (χ2v) is 8.86. The lowest BCUT2D eigenvalue weighted by molar-refractivity contribution is -0.125. The number of hydrogen-bond acceptors (Lipinski definition) is 4. The third kappa shape index (κ3) is 3.27. The molecule has 2 aromatic heterocycles. The summed E-state index contributed by atoms with van der Waals surface area (Å²) in [6.45, 7) is 6.68. The molecule has 2 aromatic carbocycles. The highest BCUT2D eigenvalue weighted by Gasteiger charge is 2.32. The second kappa shape index (κ2) is 7.29. The number of hydrogen-bond donors (Lipinski definition) is 0. The Balaban J connectivity index is 1.51. The number of thiazole rings is 1. The molecular formula is C24H23N3O2S. The zero-order chi connectivity index (χ0) is 20.8. The number of anilines is 1. The van der Waals surface area contributed by atoms with E-state index >= 15 is 0 Å². The number of fused-ring (bicyclic) bond motifs is 2. The molecule has 5 rings (SSSR count). The first-order valence-electron chi connectivity index (χ1n) is 10.1. The first kappa shape index (κ1) is 18.9. The first-order chi connectivity index (χ1) is 14.5. The topological polar surface area (TPSA) is 46.8 Å². The maximum Gasteiger partial charge on any atom is 0.268 e. The van der Waals surface area contributed by atoms with Gasteiger partial charge in [-0.3, -0.25) is 9.20 Å². The first-order valence-corrected chi connectivity index (χ1v) is 11.0. The predicted octanol–water partition coefficient (Wildman–Crippen LogP) is 5.50. The van der Waals surface area contributed by atoms with Crippen LogP contribution in [0.15, 0.2) is 60.2 Å². The molecule has 0 spiro atoms. The molecule has 152 valence electrons. The molecule has 1 amide bonds. The van der Waals surface area contributed by atoms with E-state index in [1.807, 2.05) is 45.3 Å². The van der Waals surface area contributed by atoms with Crippen molar-refractivity contribution >= 4 is 27.9 Å². The number of benzene rings is 2. The molecule has 1 unspecified atom stereocenters. The lowest BCUT2D eigenvalue weighted by Gasteiger charge is -2.33. The average molecular weight is 418 g/mol. The lowest BCUT2D eigenvalue weighted by atomic mass is 10.0. The minimum absolute atomic E-state index is 0.0293. The van der Waals surface area contributed by atoms with Crippen LogP contribution in [0, 0.1) is 0 Å². The third-order valence-corrected chi connectivity index (χ3v) is 6.31. The molecule has 0 saturated carbocycles. The fourth-order valence-corrected chi connectivity index (χ4v) is 4.49. The fraction of sp³-hybridized carbons (Fsp3) is 0.250. The maximum absolute atomic E-state index is 13.0. The molecule has 30 heavy (non-hydrogen) atoms. The van der Waals surface area contributed by atoms with Gasteiger partial charge in [0.25, 0.3) is 5.91 Å². The van der Waals surface area contributed by atoms with Gasteiger partial charge in [-0.05, 0) is 42.2 Å². The normalized spacial score (nSPS) is 16.2. The summed E-state index contributed by atoms with van der Waals surface area (Å²) in [6.07, 6.45) is 3.50. The number of aromatic nitrogens is 2. The monoisotopic (exact) mass is 417 g/mol. The Morgan fingerprint density at radius 3 is 2.70 bits per heavy atom. The van der Waals surface area contributed by atoms with Crippen LogP contribution in [0.2, 0.25) is 0 Å². The van der Waals surface area contributed by atoms with Crippen molar-refractivity contribution in [3.63, 3.8) is 0 Å². The minimum Gasteiger partial charge on any atom is -0.479 e. The van der Waals surface area contributed by atoms with Gasteiger partial charge in [0.15, 0.2) is 11.1 Å². The second-order valence-electron chi connectivity index (χ2n) is 7.98. The smallest absolute Gasteiger partial charge is 0.268 e. The van der Waals surface area contributed by atoms with Crippen LogP contribution in [0.1, 0.15) is 37.8 Å². The number of rotatable bonds is 4. The Hall–Kier alpha value is -3.12. The predicted molar refractivity (Wildman–Crippen MR) is 120 cm³/mol. The van der Waals surface area contributed by atoms with E-state index in [1.165, 1.54) is 5.56 Å². The molecule has 0 fully saturated rings. The van der Waals surface area contributed by atoms with Gasteiger partial charge < -0.3 is 9.64 Å². The van der Waals surface area contributed by atoms with E-state index in [-0.39, 0.29) is 5.91 Å². The summed E-state index contributed by atoms with van der Waals surface area (Å²) < 4.78 is 7.89. The van der Waals surface area contributed by atoms with Gasteiger partial charge in [-0.25, -0.2) is 4.98 Å². The highest BCUT2D eigenvalue weighted by molar-refractivity contribution is 7.15. The van der Waals surface area contributed by atoms with Crippen LogP contribution in [0.25, 0.3) is 16.2 Å². The number of carbonyl (C=O) groups is 1. The number of ether oxygens (including phenoxy) is 1. The Morgan fingerprint density at radius 1 is 1.17 bits per heavy atom. The molecular weight excluding hydrogens is 394 g/mol. The molecule has 1 atom stereocenters. The number of nitrogens with zero attached hydrogens (tertiary/aromatic N) is 3. The quantitative estimate of drug-likeness (QED) is 0.440. The van der Waals surface area contributed by atoms with Crippen LogP contribution in [0.3, 0.4) is 0 Å². The number of amides is 1. The van der Waals surface area contributed by atoms with Crippen LogP contribution >= 0.6 is 11.3 Å². The molecule has 0 N–H and O–H groups in total. The van der Waals surface area contributed by atoms with Gasteiger partial charge in [0, 0.05) is 23.3 Å². The van der Waals surface area contributed by atoms with E-state index in [4.69, 9.17) is 9.72 Å². The van der Waals surface area contributed by atoms with Crippen molar-refractivity contribution in [1.29, 1.82) is 0 Å². The number of imidazole rings is 1. The van der Waals surface area contributed by atoms with E-state index in [1.54, 1.807) is 18.3 Å². The van der Waals surface area contributed by atoms with Crippen LogP contribution < -0.4 is 9.64 Å². The van der Waals surface area contributed by atoms with Crippen LogP contribution in [0.5, 0.6) is 5.75 Å². The van der Waals surface area contributed by atoms with Crippen LogP contribution in [0.4, 0.5) is 5.69 Å². The van der Waals surface area contributed by atoms with Gasteiger partial charge >= 0.3 is 0 Å². The molecule has 5 nitrogen and oxygen atoms in total. The van der Waals surface area contributed by atoms with E-state index < -0.39 is 6.10 Å². The fourth-order valence-electron chi connectivity index (χ4n) is 3.79. The largest absolute Gasteiger partial charge is 0.479 e. The summed E-state index contributed by atoms with van der Waals surface area (Å²) in [7, 11) is 0. The summed E-state index contributed by atoms with van der Waals surface area (Å²) in [5.74, 6) is 1.18. The summed E-state index contributed by atoms with van der Waals surface area (Å²) in [5.41, 5.74) is 5.04. The summed E-state index contributed by atoms with van der Waals surface area (Å²) in [5, 5.41) is 2.01. The van der Waals surface area contributed by atoms with Gasteiger partial charge in [0.2, 0.25) is 0 Å². The molecule has 1 aliphatic heterocycles. The van der Waals surface area contributed by atoms with Crippen molar-refractivity contribution in [2.24, 2.45) is 0 Å². The Kier molecular flexibility index (Phi) is 4.59. The van der Waals surface area contributed by atoms with Crippen LogP contribution in [-0.2, 0) is 11.3 Å². The number of carbonyl (C=O) groups excluding carboxylic acids is 1. The van der Waals surface area contributed by atoms with E-state index in [2.05, 4.69) is 38.1 Å². The third-order valence-electron chi connectivity index (χ3n) is 5.54. The SMILES string of the molecule is CC1Oc2ccc(-c3cn4ccsc4n3)cc2N(Cc2ccc(C(C)C)cc2)C1=O. The van der Waals surface area contributed by atoms with E-state index in [0.717, 1.165) is 33.2 Å². The minimum atomic E-state index is -0.503. The molecule has 0 bridgehead atoms. The Morgan fingerprint density at radius 2 is 1.97 bits per heavy atom. The standard InChI is InChI=1S/C24H23N3O2S/c1-15(2)18-6-4-17(5-7-18)13-27-21-12-19(8-9-22(21)29-16(3)23(27)28)20-14-26-10-11-30-24(26)25-20/h4-12,14-16H,13H2,1-3H3. The zero-order valence-corrected chi connectivity index (χ0v) is 18.0. The molecule has 0 aliphatic carbocycles. The molecule has 4 aromatic rings. The average Bonchev–Trinajstić information content (AvgIpc) is 3.34. The Labute approximate surface area is 179 Å². The molecule has 6 heteroatoms. The summed E-state index contributed by atoms with van der Waals surface area (Å²) >= 11 is 1.60. The maximum atomic E-state index is 13.0. The van der Waals surface area contributed by atoms with Gasteiger partial charge in [-0.2, -0.15) is 0 Å². The van der Waals surface area contributed by atoms with Gasteiger partial charge in [-0.15, -0.1) is 11.3 Å².